The van der Waals surface area contributed by atoms with Crippen molar-refractivity contribution in [2.75, 3.05) is 5.32 Å². The van der Waals surface area contributed by atoms with E-state index in [2.05, 4.69) is 10.4 Å². The number of nitrogens with one attached hydrogen (secondary N) is 1. The van der Waals surface area contributed by atoms with Gasteiger partial charge in [-0.3, -0.25) is 9.48 Å². The van der Waals surface area contributed by atoms with Crippen LogP contribution >= 0.6 is 0 Å². The zero-order valence-electron chi connectivity index (χ0n) is 12.2. The predicted molar refractivity (Wildman–Crippen MR) is 82.0 cm³/mol. The van der Waals surface area contributed by atoms with Crippen molar-refractivity contribution in [1.29, 1.82) is 0 Å². The van der Waals surface area contributed by atoms with Crippen molar-refractivity contribution in [1.82, 2.24) is 14.3 Å². The molecule has 0 radical (unpaired) electrons. The van der Waals surface area contributed by atoms with Gasteiger partial charge in [0.05, 0.1) is 11.4 Å². The van der Waals surface area contributed by atoms with E-state index in [-0.39, 0.29) is 5.69 Å². The lowest BCUT2D eigenvalue weighted by molar-refractivity contribution is 0.101. The normalized spacial score (nSPS) is 10.7. The Morgan fingerprint density at radius 2 is 1.95 bits per heavy atom. The highest BCUT2D eigenvalue weighted by Crippen LogP contribution is 2.20. The number of anilines is 1. The summed E-state index contributed by atoms with van der Waals surface area (Å²) in [4.78, 5) is 12.3. The highest BCUT2D eigenvalue weighted by molar-refractivity contribution is 6.03. The number of rotatable bonds is 3. The van der Waals surface area contributed by atoms with Crippen molar-refractivity contribution < 1.29 is 9.18 Å². The first kappa shape index (κ1) is 14.1. The van der Waals surface area contributed by atoms with Crippen LogP contribution in [0.15, 0.2) is 48.7 Å². The Bertz CT molecular complexity index is 834. The Labute approximate surface area is 127 Å². The van der Waals surface area contributed by atoms with Gasteiger partial charge in [-0.1, -0.05) is 12.1 Å². The third-order valence-corrected chi connectivity index (χ3v) is 3.44. The summed E-state index contributed by atoms with van der Waals surface area (Å²) >= 11 is 0. The largest absolute Gasteiger partial charge is 0.349 e. The van der Waals surface area contributed by atoms with E-state index in [0.29, 0.717) is 11.4 Å². The van der Waals surface area contributed by atoms with E-state index in [1.54, 1.807) is 25.2 Å². The number of carbonyl (C=O) groups excluding carboxylic acids is 1. The standard InChI is InChI=1S/C16H15FN4O/c1-20-9-5-8-14(20)13-10-15(21(2)19-13)16(22)18-12-7-4-3-6-11(12)17/h3-10H,1-2H3,(H,18,22). The van der Waals surface area contributed by atoms with Crippen LogP contribution in [0.1, 0.15) is 10.5 Å². The highest BCUT2D eigenvalue weighted by Gasteiger charge is 2.16. The van der Waals surface area contributed by atoms with Crippen molar-refractivity contribution >= 4 is 11.6 Å². The van der Waals surface area contributed by atoms with Crippen molar-refractivity contribution in [2.45, 2.75) is 0 Å². The van der Waals surface area contributed by atoms with E-state index in [1.807, 2.05) is 29.9 Å². The Hall–Kier alpha value is -2.89. The molecule has 0 aliphatic carbocycles. The molecule has 2 heterocycles. The van der Waals surface area contributed by atoms with Crippen LogP contribution in [0.5, 0.6) is 0 Å². The lowest BCUT2D eigenvalue weighted by Gasteiger charge is -2.05. The van der Waals surface area contributed by atoms with Gasteiger partial charge in [-0.05, 0) is 30.3 Å². The number of aromatic nitrogens is 3. The first-order chi connectivity index (χ1) is 10.6. The maximum absolute atomic E-state index is 13.6. The number of hydrogen-bond donors (Lipinski definition) is 1. The molecule has 0 unspecified atom stereocenters. The van der Waals surface area contributed by atoms with Gasteiger partial charge in [-0.2, -0.15) is 5.10 Å². The number of para-hydroxylation sites is 1. The Balaban J connectivity index is 1.89. The molecule has 3 rings (SSSR count). The lowest BCUT2D eigenvalue weighted by Crippen LogP contribution is -2.16. The fraction of sp³-hybridized carbons (Fsp3) is 0.125. The van der Waals surface area contributed by atoms with E-state index < -0.39 is 11.7 Å². The van der Waals surface area contributed by atoms with Crippen LogP contribution in [0, 0.1) is 5.82 Å². The van der Waals surface area contributed by atoms with Crippen LogP contribution < -0.4 is 5.32 Å². The maximum atomic E-state index is 13.6. The predicted octanol–water partition coefficient (Wildman–Crippen LogP) is 2.82. The molecule has 3 aromatic rings. The van der Waals surface area contributed by atoms with Gasteiger partial charge in [0.2, 0.25) is 0 Å². The molecule has 6 heteroatoms. The molecule has 1 N–H and O–H groups in total. The number of amides is 1. The minimum Gasteiger partial charge on any atom is -0.349 e. The summed E-state index contributed by atoms with van der Waals surface area (Å²) < 4.78 is 17.0. The van der Waals surface area contributed by atoms with Crippen LogP contribution in [0.25, 0.3) is 11.4 Å². The second kappa shape index (κ2) is 5.48. The van der Waals surface area contributed by atoms with Gasteiger partial charge in [0, 0.05) is 20.3 Å². The molecule has 0 aliphatic heterocycles. The van der Waals surface area contributed by atoms with Crippen molar-refractivity contribution in [2.24, 2.45) is 14.1 Å². The Morgan fingerprint density at radius 3 is 2.64 bits per heavy atom. The minimum atomic E-state index is -0.472. The van der Waals surface area contributed by atoms with Crippen molar-refractivity contribution in [3.8, 4) is 11.4 Å². The van der Waals surface area contributed by atoms with E-state index >= 15 is 0 Å². The second-order valence-electron chi connectivity index (χ2n) is 4.98. The number of hydrogen-bond acceptors (Lipinski definition) is 2. The smallest absolute Gasteiger partial charge is 0.274 e. The molecule has 22 heavy (non-hydrogen) atoms. The molecule has 0 saturated carbocycles. The van der Waals surface area contributed by atoms with Crippen molar-refractivity contribution in [3.63, 3.8) is 0 Å². The molecule has 0 aliphatic rings. The number of nitrogens with zero attached hydrogens (tertiary/aromatic N) is 3. The summed E-state index contributed by atoms with van der Waals surface area (Å²) in [7, 11) is 3.59. The molecule has 5 nitrogen and oxygen atoms in total. The minimum absolute atomic E-state index is 0.147. The fourth-order valence-corrected chi connectivity index (χ4v) is 2.28. The summed E-state index contributed by atoms with van der Waals surface area (Å²) in [6.07, 6.45) is 1.91. The Morgan fingerprint density at radius 1 is 1.18 bits per heavy atom. The molecule has 1 amide bonds. The summed E-state index contributed by atoms with van der Waals surface area (Å²) in [5.74, 6) is -0.874. The molecule has 0 fully saturated rings. The molecule has 0 spiro atoms. The number of halogens is 1. The first-order valence-electron chi connectivity index (χ1n) is 6.78. The van der Waals surface area contributed by atoms with E-state index in [0.717, 1.165) is 5.69 Å². The summed E-state index contributed by atoms with van der Waals surface area (Å²) in [5, 5.41) is 6.90. The van der Waals surface area contributed by atoms with Crippen LogP contribution in [0.4, 0.5) is 10.1 Å². The zero-order chi connectivity index (χ0) is 15.7. The molecular weight excluding hydrogens is 283 g/mol. The number of carbonyl (C=O) groups is 1. The van der Waals surface area contributed by atoms with Crippen LogP contribution in [0.2, 0.25) is 0 Å². The molecule has 0 atom stereocenters. The van der Waals surface area contributed by atoms with Crippen molar-refractivity contribution in [3.05, 3.63) is 60.2 Å². The monoisotopic (exact) mass is 298 g/mol. The second-order valence-corrected chi connectivity index (χ2v) is 4.98. The third kappa shape index (κ3) is 2.50. The van der Waals surface area contributed by atoms with Gasteiger partial charge in [0.15, 0.2) is 0 Å². The molecule has 1 aromatic carbocycles. The topological polar surface area (TPSA) is 51.9 Å². The van der Waals surface area contributed by atoms with Gasteiger partial charge >= 0.3 is 0 Å². The van der Waals surface area contributed by atoms with E-state index in [1.165, 1.54) is 16.8 Å². The Kier molecular flexibility index (Phi) is 3.50. The van der Waals surface area contributed by atoms with E-state index in [4.69, 9.17) is 0 Å². The summed E-state index contributed by atoms with van der Waals surface area (Å²) in [6.45, 7) is 0. The number of benzene rings is 1. The first-order valence-corrected chi connectivity index (χ1v) is 6.78. The van der Waals surface area contributed by atoms with Gasteiger partial charge in [0.25, 0.3) is 5.91 Å². The van der Waals surface area contributed by atoms with Gasteiger partial charge in [-0.15, -0.1) is 0 Å². The van der Waals surface area contributed by atoms with Gasteiger partial charge in [-0.25, -0.2) is 4.39 Å². The molecule has 0 bridgehead atoms. The SMILES string of the molecule is Cn1cccc1-c1cc(C(=O)Nc2ccccc2F)n(C)n1. The quantitative estimate of drug-likeness (QED) is 0.808. The highest BCUT2D eigenvalue weighted by atomic mass is 19.1. The fourth-order valence-electron chi connectivity index (χ4n) is 2.28. The summed E-state index contributed by atoms with van der Waals surface area (Å²) in [6, 6.07) is 11.6. The molecule has 112 valence electrons. The molecule has 2 aromatic heterocycles. The van der Waals surface area contributed by atoms with E-state index in [9.17, 15) is 9.18 Å². The third-order valence-electron chi connectivity index (χ3n) is 3.44. The molecular formula is C16H15FN4O. The maximum Gasteiger partial charge on any atom is 0.274 e. The van der Waals surface area contributed by atoms with Crippen LogP contribution in [-0.2, 0) is 14.1 Å². The van der Waals surface area contributed by atoms with Gasteiger partial charge in [0.1, 0.15) is 17.2 Å². The molecule has 0 saturated heterocycles. The average molecular weight is 298 g/mol. The average Bonchev–Trinajstić information content (AvgIpc) is 3.07. The summed E-state index contributed by atoms with van der Waals surface area (Å²) in [5.41, 5.74) is 2.10. The van der Waals surface area contributed by atoms with Crippen LogP contribution in [-0.4, -0.2) is 20.3 Å². The van der Waals surface area contributed by atoms with Gasteiger partial charge < -0.3 is 9.88 Å². The zero-order valence-corrected chi connectivity index (χ0v) is 12.2. The lowest BCUT2D eigenvalue weighted by atomic mass is 10.2. The van der Waals surface area contributed by atoms with Crippen LogP contribution in [0.3, 0.4) is 0 Å². The number of aryl methyl sites for hydroxylation is 2.